The van der Waals surface area contributed by atoms with Crippen molar-refractivity contribution in [2.45, 2.75) is 20.3 Å². The normalized spacial score (nSPS) is 11.8. The summed E-state index contributed by atoms with van der Waals surface area (Å²) in [5.74, 6) is 0. The van der Waals surface area contributed by atoms with Gasteiger partial charge in [-0.1, -0.05) is 65.7 Å². The molecule has 1 heteroatoms. The van der Waals surface area contributed by atoms with E-state index < -0.39 is 0 Å². The molecule has 1 aliphatic carbocycles. The molecule has 0 saturated heterocycles. The molecule has 0 amide bonds. The third-order valence-corrected chi connectivity index (χ3v) is 8.36. The Balaban J connectivity index is 0.000000123. The van der Waals surface area contributed by atoms with Crippen molar-refractivity contribution in [3.63, 3.8) is 0 Å². The zero-order valence-corrected chi connectivity index (χ0v) is 25.5. The van der Waals surface area contributed by atoms with Crippen LogP contribution in [0.5, 0.6) is 0 Å². The molecule has 0 saturated carbocycles. The van der Waals surface area contributed by atoms with Crippen LogP contribution in [0.2, 0.25) is 0 Å². The number of hydrogen-bond donors (Lipinski definition) is 0. The first-order chi connectivity index (χ1) is 19.6. The molecule has 0 aliphatic heterocycles. The monoisotopic (exact) mass is 590 g/mol. The van der Waals surface area contributed by atoms with Gasteiger partial charge in [0.05, 0.1) is 0 Å². The van der Waals surface area contributed by atoms with Crippen LogP contribution >= 0.6 is 0 Å². The molecule has 0 unspecified atom stereocenters. The Bertz CT molecular complexity index is 1670. The molecule has 1 aliphatic rings. The van der Waals surface area contributed by atoms with E-state index in [1.54, 1.807) is 0 Å². The van der Waals surface area contributed by atoms with E-state index in [2.05, 4.69) is 159 Å². The summed E-state index contributed by atoms with van der Waals surface area (Å²) >= 11 is 1.46. The van der Waals surface area contributed by atoms with Gasteiger partial charge in [0.1, 0.15) is 0 Å². The fourth-order valence-electron chi connectivity index (χ4n) is 4.87. The van der Waals surface area contributed by atoms with Crippen molar-refractivity contribution in [3.8, 4) is 0 Å². The van der Waals surface area contributed by atoms with Crippen molar-refractivity contribution in [1.82, 2.24) is 0 Å². The molecule has 0 bridgehead atoms. The number of fused-ring (bicyclic) bond motifs is 3. The Hall–Kier alpha value is -3.80. The van der Waals surface area contributed by atoms with Gasteiger partial charge in [0, 0.05) is 0 Å². The van der Waals surface area contributed by atoms with Crippen LogP contribution in [0.1, 0.15) is 34.2 Å². The zero-order valence-electron chi connectivity index (χ0n) is 23.1. The van der Waals surface area contributed by atoms with E-state index in [4.69, 9.17) is 0 Å². The summed E-state index contributed by atoms with van der Waals surface area (Å²) < 4.78 is 1.42. The van der Waals surface area contributed by atoms with Gasteiger partial charge in [-0.25, -0.2) is 6.08 Å². The van der Waals surface area contributed by atoms with E-state index in [1.807, 2.05) is 6.07 Å². The van der Waals surface area contributed by atoms with Crippen LogP contribution in [0.25, 0.3) is 27.1 Å². The molecule has 0 spiro atoms. The summed E-state index contributed by atoms with van der Waals surface area (Å²) in [5.41, 5.74) is 7.90. The standard InChI is InChI=1S/C15H13.C13H10.C11H9.Zr/c1-10-3-5-14-12(7-10)9-13-8-11(2)4-6-15(13)14;1-3-7-12(8-4-1)11-13-9-5-2-6-10-13;1-2-6-10(7-3-1)11-8-4-5-9-11;/h3-9H,1-2H3;1-10H;1-3,6-9H,4H2;/q-1;;-1;+2. The van der Waals surface area contributed by atoms with Crippen LogP contribution < -0.4 is 0 Å². The Labute approximate surface area is 253 Å². The van der Waals surface area contributed by atoms with E-state index in [0.717, 1.165) is 6.42 Å². The predicted octanol–water partition coefficient (Wildman–Crippen LogP) is 9.96. The second-order valence-electron chi connectivity index (χ2n) is 10.0. The van der Waals surface area contributed by atoms with E-state index in [1.165, 1.54) is 82.4 Å². The first kappa shape index (κ1) is 27.8. The van der Waals surface area contributed by atoms with Gasteiger partial charge >= 0.3 is 99.2 Å². The van der Waals surface area contributed by atoms with Gasteiger partial charge in [-0.3, -0.25) is 6.08 Å². The average molecular weight is 592 g/mol. The first-order valence-electron chi connectivity index (χ1n) is 13.7. The first-order valence-corrected chi connectivity index (χ1v) is 14.9. The molecule has 0 atom stereocenters. The minimum absolute atomic E-state index is 0.963. The second kappa shape index (κ2) is 13.5. The fourth-order valence-corrected chi connectivity index (χ4v) is 5.69. The molecule has 40 heavy (non-hydrogen) atoms. The number of allylic oxidation sites excluding steroid dienone is 4. The Morgan fingerprint density at radius 3 is 1.55 bits per heavy atom. The summed E-state index contributed by atoms with van der Waals surface area (Å²) in [5, 5.41) is 5.46. The van der Waals surface area contributed by atoms with Crippen molar-refractivity contribution in [2.24, 2.45) is 0 Å². The van der Waals surface area contributed by atoms with Crippen LogP contribution in [-0.2, 0) is 24.2 Å². The molecular weight excluding hydrogens is 560 g/mol. The Morgan fingerprint density at radius 2 is 1.10 bits per heavy atom. The number of hydrogen-bond acceptors (Lipinski definition) is 0. The molecular formula is C39H32Zr. The second-order valence-corrected chi connectivity index (χ2v) is 11.2. The van der Waals surface area contributed by atoms with Crippen molar-refractivity contribution in [1.29, 1.82) is 0 Å². The summed E-state index contributed by atoms with van der Waals surface area (Å²) in [7, 11) is 0. The van der Waals surface area contributed by atoms with Gasteiger partial charge in [0.2, 0.25) is 0 Å². The molecule has 6 aromatic rings. The molecule has 0 heterocycles. The summed E-state index contributed by atoms with van der Waals surface area (Å²) in [6.07, 6.45) is 8.36. The fraction of sp³-hybridized carbons (Fsp3) is 0.0769. The molecule has 6 aromatic carbocycles. The van der Waals surface area contributed by atoms with Gasteiger partial charge < -0.3 is 0 Å². The molecule has 0 radical (unpaired) electrons. The number of rotatable bonds is 3. The van der Waals surface area contributed by atoms with Gasteiger partial charge in [0.25, 0.3) is 0 Å². The molecule has 0 N–H and O–H groups in total. The van der Waals surface area contributed by atoms with Gasteiger partial charge in [0.15, 0.2) is 0 Å². The van der Waals surface area contributed by atoms with Crippen LogP contribution in [0.4, 0.5) is 0 Å². The van der Waals surface area contributed by atoms with Crippen molar-refractivity contribution in [2.75, 3.05) is 0 Å². The van der Waals surface area contributed by atoms with Gasteiger partial charge in [-0.05, 0) is 13.8 Å². The van der Waals surface area contributed by atoms with E-state index in [-0.39, 0.29) is 0 Å². The van der Waals surface area contributed by atoms with Crippen molar-refractivity contribution >= 4 is 30.3 Å². The predicted molar refractivity (Wildman–Crippen MR) is 169 cm³/mol. The van der Waals surface area contributed by atoms with Crippen LogP contribution in [-0.4, -0.2) is 3.21 Å². The Kier molecular flexibility index (Phi) is 9.38. The molecule has 0 aromatic heterocycles. The van der Waals surface area contributed by atoms with Gasteiger partial charge in [-0.15, -0.1) is 51.7 Å². The third-order valence-electron chi connectivity index (χ3n) is 6.94. The van der Waals surface area contributed by atoms with E-state index in [9.17, 15) is 0 Å². The SMILES string of the molecule is Cc1ccc2c(c1)[cH-]c1cc(C)ccc12.[C-]1=CC(c2ccccc2)=CC1.[Zr+2]=[C](c1ccccc1)c1ccccc1. The number of benzene rings is 5. The molecule has 192 valence electrons. The van der Waals surface area contributed by atoms with E-state index >= 15 is 0 Å². The summed E-state index contributed by atoms with van der Waals surface area (Å²) in [6.45, 7) is 4.28. The zero-order chi connectivity index (χ0) is 27.7. The van der Waals surface area contributed by atoms with E-state index in [0.29, 0.717) is 0 Å². The summed E-state index contributed by atoms with van der Waals surface area (Å²) in [4.78, 5) is 0. The molecule has 7 rings (SSSR count). The molecule has 0 nitrogen and oxygen atoms in total. The molecule has 0 fully saturated rings. The van der Waals surface area contributed by atoms with Crippen molar-refractivity contribution in [3.05, 3.63) is 180 Å². The maximum atomic E-state index is 3.15. The minimum atomic E-state index is 0.963. The number of aryl methyl sites for hydroxylation is 2. The Morgan fingerprint density at radius 1 is 0.625 bits per heavy atom. The summed E-state index contributed by atoms with van der Waals surface area (Å²) in [6, 6.07) is 47.1. The van der Waals surface area contributed by atoms with Gasteiger partial charge in [-0.2, -0.15) is 11.6 Å². The van der Waals surface area contributed by atoms with Crippen molar-refractivity contribution < 1.29 is 24.2 Å². The third kappa shape index (κ3) is 7.04. The topological polar surface area (TPSA) is 0 Å². The quantitative estimate of drug-likeness (QED) is 0.180. The van der Waals surface area contributed by atoms with Crippen LogP contribution in [0.15, 0.2) is 146 Å². The maximum absolute atomic E-state index is 3.15. The average Bonchev–Trinajstić information content (AvgIpc) is 3.67. The van der Waals surface area contributed by atoms with Crippen LogP contribution in [0, 0.1) is 19.9 Å². The van der Waals surface area contributed by atoms with Crippen LogP contribution in [0.3, 0.4) is 0 Å².